The number of benzene rings is 2. The van der Waals surface area contributed by atoms with Crippen LogP contribution in [0.4, 0.5) is 4.39 Å². The number of alkyl halides is 1. The molecule has 1 aromatic heterocycles. The van der Waals surface area contributed by atoms with Gasteiger partial charge in [0, 0.05) is 25.4 Å². The van der Waals surface area contributed by atoms with Crippen LogP contribution >= 0.6 is 0 Å². The van der Waals surface area contributed by atoms with Crippen molar-refractivity contribution in [1.82, 2.24) is 15.1 Å². The van der Waals surface area contributed by atoms with Gasteiger partial charge in [0.15, 0.2) is 0 Å². The van der Waals surface area contributed by atoms with Gasteiger partial charge < -0.3 is 11.1 Å². The number of hydrogen-bond acceptors (Lipinski definition) is 3. The number of carbonyl (C=O) groups excluding carboxylic acids is 1. The Morgan fingerprint density at radius 3 is 2.84 bits per heavy atom. The molecule has 1 aliphatic heterocycles. The molecule has 2 atom stereocenters. The molecule has 0 radical (unpaired) electrons. The number of amides is 1. The molecule has 128 valence electrons. The Kier molecular flexibility index (Phi) is 3.67. The van der Waals surface area contributed by atoms with Gasteiger partial charge in [-0.25, -0.2) is 9.07 Å². The third-order valence-corrected chi connectivity index (χ3v) is 4.57. The number of aromatic nitrogens is 2. The summed E-state index contributed by atoms with van der Waals surface area (Å²) >= 11 is 0. The molecule has 25 heavy (non-hydrogen) atoms. The van der Waals surface area contributed by atoms with Crippen molar-refractivity contribution < 1.29 is 10.6 Å². The van der Waals surface area contributed by atoms with E-state index in [0.717, 1.165) is 11.1 Å². The molecule has 0 bridgehead atoms. The number of piperidine rings is 1. The van der Waals surface area contributed by atoms with Gasteiger partial charge in [-0.3, -0.25) is 4.79 Å². The first-order valence-corrected chi connectivity index (χ1v) is 8.23. The standard InChI is InChI=1S/C19H19FN4O/c20-17-8-9-22-10-16(17)12-4-6-14(7-5-12)24-11-13-2-1-3-15(19(21)25)18(13)23-24/h1-7,11,16-17,22H,8-10H2,(H2,21,25)/t16-,17+/m1/s1/i16D. The van der Waals surface area contributed by atoms with Crippen LogP contribution in [0.1, 0.15) is 29.6 Å². The van der Waals surface area contributed by atoms with Gasteiger partial charge >= 0.3 is 0 Å². The molecule has 3 aromatic rings. The van der Waals surface area contributed by atoms with E-state index >= 15 is 0 Å². The van der Waals surface area contributed by atoms with Crippen molar-refractivity contribution >= 4 is 16.8 Å². The zero-order chi connectivity index (χ0) is 18.3. The van der Waals surface area contributed by atoms with Crippen LogP contribution in [0.15, 0.2) is 48.7 Å². The maximum Gasteiger partial charge on any atom is 0.250 e. The van der Waals surface area contributed by atoms with E-state index in [0.29, 0.717) is 36.2 Å². The van der Waals surface area contributed by atoms with Gasteiger partial charge in [-0.2, -0.15) is 5.10 Å². The molecule has 2 aromatic carbocycles. The van der Waals surface area contributed by atoms with Crippen LogP contribution < -0.4 is 11.1 Å². The van der Waals surface area contributed by atoms with E-state index in [4.69, 9.17) is 7.10 Å². The second kappa shape index (κ2) is 6.29. The van der Waals surface area contributed by atoms with Gasteiger partial charge in [-0.1, -0.05) is 24.3 Å². The molecule has 0 aliphatic carbocycles. The molecule has 0 unspecified atom stereocenters. The number of primary amides is 1. The van der Waals surface area contributed by atoms with Crippen molar-refractivity contribution in [3.8, 4) is 5.69 Å². The normalized spacial score (nSPS) is 24.2. The topological polar surface area (TPSA) is 72.9 Å². The van der Waals surface area contributed by atoms with Gasteiger partial charge in [-0.15, -0.1) is 0 Å². The SMILES string of the molecule is [2H][C@]1(c2ccc(-n3cc4cccc(C(N)=O)c4n3)cc2)CNCC[C@@H]1F. The number of nitrogens with two attached hydrogens (primary N) is 1. The lowest BCUT2D eigenvalue weighted by atomic mass is 9.90. The predicted octanol–water partition coefficient (Wildman–Crippen LogP) is 2.54. The van der Waals surface area contributed by atoms with Crippen molar-refractivity contribution in [2.45, 2.75) is 18.5 Å². The van der Waals surface area contributed by atoms with E-state index in [1.807, 2.05) is 24.4 Å². The molecule has 4 rings (SSSR count). The quantitative estimate of drug-likeness (QED) is 0.770. The summed E-state index contributed by atoms with van der Waals surface area (Å²) in [5, 5.41) is 8.37. The third kappa shape index (κ3) is 2.89. The summed E-state index contributed by atoms with van der Waals surface area (Å²) in [6.45, 7) is 0.892. The number of nitrogens with zero attached hydrogens (tertiary/aromatic N) is 2. The van der Waals surface area contributed by atoms with Crippen LogP contribution in [0.2, 0.25) is 0 Å². The molecule has 1 saturated heterocycles. The van der Waals surface area contributed by atoms with Crippen molar-refractivity contribution in [3.05, 3.63) is 59.8 Å². The van der Waals surface area contributed by atoms with Crippen molar-refractivity contribution in [2.24, 2.45) is 5.73 Å². The molecule has 5 nitrogen and oxygen atoms in total. The Balaban J connectivity index is 1.70. The van der Waals surface area contributed by atoms with E-state index in [1.165, 1.54) is 0 Å². The minimum absolute atomic E-state index is 0.293. The van der Waals surface area contributed by atoms with Crippen LogP contribution in [-0.4, -0.2) is 34.9 Å². The van der Waals surface area contributed by atoms with Crippen molar-refractivity contribution in [3.63, 3.8) is 0 Å². The second-order valence-electron chi connectivity index (χ2n) is 6.19. The second-order valence-corrected chi connectivity index (χ2v) is 6.19. The van der Waals surface area contributed by atoms with Crippen LogP contribution in [0.25, 0.3) is 16.6 Å². The predicted molar refractivity (Wildman–Crippen MR) is 94.7 cm³/mol. The van der Waals surface area contributed by atoms with Gasteiger partial charge in [0.25, 0.3) is 5.91 Å². The van der Waals surface area contributed by atoms with Gasteiger partial charge in [0.05, 0.1) is 11.3 Å². The Labute approximate surface area is 146 Å². The maximum absolute atomic E-state index is 14.3. The summed E-state index contributed by atoms with van der Waals surface area (Å²) in [5.74, 6) is -1.80. The number of rotatable bonds is 3. The fraction of sp³-hybridized carbons (Fsp3) is 0.263. The summed E-state index contributed by atoms with van der Waals surface area (Å²) in [6.07, 6.45) is 0.957. The molecule has 1 amide bonds. The van der Waals surface area contributed by atoms with E-state index in [-0.39, 0.29) is 0 Å². The molecular weight excluding hydrogens is 319 g/mol. The maximum atomic E-state index is 14.3. The summed E-state index contributed by atoms with van der Waals surface area (Å²) < 4.78 is 24.5. The van der Waals surface area contributed by atoms with E-state index in [1.54, 1.807) is 28.9 Å². The zero-order valence-electron chi connectivity index (χ0n) is 14.6. The van der Waals surface area contributed by atoms with Crippen LogP contribution in [0.5, 0.6) is 0 Å². The molecule has 1 fully saturated rings. The molecule has 0 spiro atoms. The lowest BCUT2D eigenvalue weighted by Gasteiger charge is -2.27. The lowest BCUT2D eigenvalue weighted by Crippen LogP contribution is -2.36. The first kappa shape index (κ1) is 14.6. The van der Waals surface area contributed by atoms with E-state index < -0.39 is 18.0 Å². The summed E-state index contributed by atoms with van der Waals surface area (Å²) in [6, 6.07) is 12.4. The van der Waals surface area contributed by atoms with Crippen LogP contribution in [-0.2, 0) is 0 Å². The first-order valence-electron chi connectivity index (χ1n) is 8.73. The van der Waals surface area contributed by atoms with E-state index in [9.17, 15) is 9.18 Å². The molecule has 2 heterocycles. The zero-order valence-corrected chi connectivity index (χ0v) is 13.6. The number of fused-ring (bicyclic) bond motifs is 1. The Morgan fingerprint density at radius 1 is 1.32 bits per heavy atom. The first-order chi connectivity index (χ1) is 12.5. The highest BCUT2D eigenvalue weighted by Gasteiger charge is 2.25. The Bertz CT molecular complexity index is 971. The van der Waals surface area contributed by atoms with E-state index in [2.05, 4.69) is 10.4 Å². The van der Waals surface area contributed by atoms with Gasteiger partial charge in [0.2, 0.25) is 0 Å². The molecule has 3 N–H and O–H groups in total. The Hall–Kier alpha value is -2.73. The number of hydrogen-bond donors (Lipinski definition) is 2. The fourth-order valence-corrected chi connectivity index (χ4v) is 3.22. The summed E-state index contributed by atoms with van der Waals surface area (Å²) in [4.78, 5) is 11.6. The van der Waals surface area contributed by atoms with Crippen molar-refractivity contribution in [2.75, 3.05) is 13.1 Å². The highest BCUT2D eigenvalue weighted by atomic mass is 19.1. The summed E-state index contributed by atoms with van der Waals surface area (Å²) in [5.41, 5.74) is 7.72. The molecular formula is C19H19FN4O. The largest absolute Gasteiger partial charge is 0.366 e. The number of halogens is 1. The molecule has 0 saturated carbocycles. The minimum Gasteiger partial charge on any atom is -0.366 e. The average molecular weight is 339 g/mol. The highest BCUT2D eigenvalue weighted by Crippen LogP contribution is 2.27. The minimum atomic E-state index is -1.27. The van der Waals surface area contributed by atoms with Crippen molar-refractivity contribution in [1.29, 1.82) is 0 Å². The Morgan fingerprint density at radius 2 is 2.12 bits per heavy atom. The van der Waals surface area contributed by atoms with Gasteiger partial charge in [-0.05, 0) is 36.7 Å². The van der Waals surface area contributed by atoms with Crippen LogP contribution in [0.3, 0.4) is 0 Å². The summed E-state index contributed by atoms with van der Waals surface area (Å²) in [7, 11) is 0. The van der Waals surface area contributed by atoms with Gasteiger partial charge in [0.1, 0.15) is 11.7 Å². The third-order valence-electron chi connectivity index (χ3n) is 4.57. The van der Waals surface area contributed by atoms with Crippen LogP contribution in [0, 0.1) is 0 Å². The molecule has 1 aliphatic rings. The highest BCUT2D eigenvalue weighted by molar-refractivity contribution is 6.04. The monoisotopic (exact) mass is 339 g/mol. The average Bonchev–Trinajstić information content (AvgIpc) is 3.08. The lowest BCUT2D eigenvalue weighted by molar-refractivity contribution is 0.100. The smallest absolute Gasteiger partial charge is 0.250 e. The number of carbonyl (C=O) groups is 1. The molecule has 6 heteroatoms. The fourth-order valence-electron chi connectivity index (χ4n) is 3.22. The number of nitrogens with one attached hydrogen (secondary N) is 1.